The van der Waals surface area contributed by atoms with E-state index in [-0.39, 0.29) is 36.2 Å². The molecule has 0 aliphatic carbocycles. The number of esters is 1. The topological polar surface area (TPSA) is 98.4 Å². The number of aromatic nitrogens is 1. The summed E-state index contributed by atoms with van der Waals surface area (Å²) in [5.74, 6) is 0.424. The Labute approximate surface area is 214 Å². The van der Waals surface area contributed by atoms with Crippen molar-refractivity contribution in [3.8, 4) is 0 Å². The maximum absolute atomic E-state index is 13.2. The molecule has 2 saturated heterocycles. The number of cyclic esters (lactones) is 1. The minimum absolute atomic E-state index is 0.0176. The molecule has 5 atom stereocenters. The second kappa shape index (κ2) is 11.7. The van der Waals surface area contributed by atoms with Crippen molar-refractivity contribution < 1.29 is 19.4 Å². The Kier molecular flexibility index (Phi) is 9.33. The summed E-state index contributed by atoms with van der Waals surface area (Å²) in [6, 6.07) is 0.309. The number of aryl methyl sites for hydroxylation is 1. The van der Waals surface area contributed by atoms with E-state index in [9.17, 15) is 14.7 Å². The van der Waals surface area contributed by atoms with Crippen LogP contribution in [0.5, 0.6) is 0 Å². The SMILES string of the molecule is CC(=Cc1csc(C)n1)C1CC2(CCO)NC2CCCC(C)CC(C)C(=O)C(C)(C)CCC(=O)O1. The highest BCUT2D eigenvalue weighted by molar-refractivity contribution is 7.09. The second-order valence-electron chi connectivity index (χ2n) is 11.6. The Morgan fingerprint density at radius 1 is 1.31 bits per heavy atom. The third kappa shape index (κ3) is 7.46. The van der Waals surface area contributed by atoms with E-state index in [0.717, 1.165) is 42.0 Å². The van der Waals surface area contributed by atoms with Crippen LogP contribution in [0.15, 0.2) is 11.0 Å². The predicted molar refractivity (Wildman–Crippen MR) is 141 cm³/mol. The average Bonchev–Trinajstić information content (AvgIpc) is 3.28. The number of nitrogens with zero attached hydrogens (tertiary/aromatic N) is 1. The molecule has 7 heteroatoms. The normalized spacial score (nSPS) is 33.2. The summed E-state index contributed by atoms with van der Waals surface area (Å²) in [5.41, 5.74) is 1.05. The molecule has 2 N–H and O–H groups in total. The van der Waals surface area contributed by atoms with Gasteiger partial charge in [0.1, 0.15) is 11.9 Å². The molecule has 35 heavy (non-hydrogen) atoms. The first-order valence-corrected chi connectivity index (χ1v) is 14.1. The minimum atomic E-state index is -0.561. The van der Waals surface area contributed by atoms with Crippen LogP contribution in [0.25, 0.3) is 6.08 Å². The fourth-order valence-corrected chi connectivity index (χ4v) is 6.29. The molecular formula is C28H44N2O4S. The number of thiazole rings is 1. The predicted octanol–water partition coefficient (Wildman–Crippen LogP) is 5.47. The van der Waals surface area contributed by atoms with Crippen LogP contribution in [0, 0.1) is 24.2 Å². The third-order valence-corrected chi connectivity index (χ3v) is 8.75. The molecule has 2 fully saturated rings. The van der Waals surface area contributed by atoms with E-state index in [2.05, 4.69) is 17.2 Å². The highest BCUT2D eigenvalue weighted by atomic mass is 32.1. The van der Waals surface area contributed by atoms with E-state index in [0.29, 0.717) is 31.2 Å². The number of aliphatic hydroxyl groups is 1. The van der Waals surface area contributed by atoms with Gasteiger partial charge in [-0.15, -0.1) is 11.3 Å². The third-order valence-electron chi connectivity index (χ3n) is 7.96. The summed E-state index contributed by atoms with van der Waals surface area (Å²) in [4.78, 5) is 30.7. The van der Waals surface area contributed by atoms with Gasteiger partial charge in [-0.25, -0.2) is 4.98 Å². The van der Waals surface area contributed by atoms with Crippen LogP contribution in [0.1, 0.15) is 96.7 Å². The van der Waals surface area contributed by atoms with E-state index in [4.69, 9.17) is 4.74 Å². The summed E-state index contributed by atoms with van der Waals surface area (Å²) in [6.07, 6.45) is 7.63. The first-order valence-electron chi connectivity index (χ1n) is 13.2. The smallest absolute Gasteiger partial charge is 0.306 e. The zero-order valence-corrected chi connectivity index (χ0v) is 23.2. The number of fused-ring (bicyclic) bond motifs is 1. The lowest BCUT2D eigenvalue weighted by Gasteiger charge is -2.29. The lowest BCUT2D eigenvalue weighted by atomic mass is 9.75. The van der Waals surface area contributed by atoms with Crippen molar-refractivity contribution in [2.75, 3.05) is 6.61 Å². The second-order valence-corrected chi connectivity index (χ2v) is 12.7. The summed E-state index contributed by atoms with van der Waals surface area (Å²) < 4.78 is 6.07. The van der Waals surface area contributed by atoms with Crippen molar-refractivity contribution in [1.29, 1.82) is 0 Å². The molecule has 6 nitrogen and oxygen atoms in total. The van der Waals surface area contributed by atoms with Gasteiger partial charge >= 0.3 is 5.97 Å². The Bertz CT molecular complexity index is 924. The van der Waals surface area contributed by atoms with Gasteiger partial charge in [0.15, 0.2) is 0 Å². The van der Waals surface area contributed by atoms with Gasteiger partial charge in [0.25, 0.3) is 0 Å². The number of nitrogens with one attached hydrogen (secondary N) is 1. The van der Waals surface area contributed by atoms with E-state index >= 15 is 0 Å². The van der Waals surface area contributed by atoms with Crippen LogP contribution < -0.4 is 5.32 Å². The number of carbonyl (C=O) groups excluding carboxylic acids is 2. The Hall–Kier alpha value is -1.57. The number of Topliss-reactive ketones (excluding diaryl/α,β-unsaturated/α-hetero) is 1. The molecule has 2 aliphatic heterocycles. The largest absolute Gasteiger partial charge is 0.458 e. The Morgan fingerprint density at radius 2 is 2.06 bits per heavy atom. The number of rotatable bonds is 4. The zero-order valence-electron chi connectivity index (χ0n) is 22.4. The number of ketones is 1. The van der Waals surface area contributed by atoms with Crippen LogP contribution in [-0.4, -0.2) is 46.1 Å². The molecule has 0 amide bonds. The van der Waals surface area contributed by atoms with Gasteiger partial charge in [0, 0.05) is 47.7 Å². The molecule has 3 rings (SSSR count). The molecule has 5 unspecified atom stereocenters. The van der Waals surface area contributed by atoms with Gasteiger partial charge in [-0.3, -0.25) is 9.59 Å². The summed E-state index contributed by atoms with van der Waals surface area (Å²) >= 11 is 1.60. The fourth-order valence-electron chi connectivity index (χ4n) is 5.72. The van der Waals surface area contributed by atoms with E-state index < -0.39 is 11.5 Å². The minimum Gasteiger partial charge on any atom is -0.458 e. The summed E-state index contributed by atoms with van der Waals surface area (Å²) in [7, 11) is 0. The molecule has 0 spiro atoms. The highest BCUT2D eigenvalue weighted by Crippen LogP contribution is 2.41. The molecular weight excluding hydrogens is 460 g/mol. The average molecular weight is 505 g/mol. The molecule has 0 aromatic carbocycles. The van der Waals surface area contributed by atoms with Crippen LogP contribution >= 0.6 is 11.3 Å². The maximum Gasteiger partial charge on any atom is 0.306 e. The molecule has 0 bridgehead atoms. The standard InChI is InChI=1S/C28H44N2O4S/c1-18-8-7-9-24-28(30-24,12-13-31)16-23(19(2)15-22-17-35-21(4)29-22)34-25(32)10-11-27(5,6)26(33)20(3)14-18/h15,17-18,20,23-24,30-31H,7-14,16H2,1-6H3. The quantitative estimate of drug-likeness (QED) is 0.417. The number of hydrogen-bond acceptors (Lipinski definition) is 7. The number of carbonyl (C=O) groups is 2. The monoisotopic (exact) mass is 504 g/mol. The van der Waals surface area contributed by atoms with Gasteiger partial charge in [-0.2, -0.15) is 0 Å². The van der Waals surface area contributed by atoms with Crippen molar-refractivity contribution in [3.05, 3.63) is 21.7 Å². The molecule has 1 aromatic heterocycles. The maximum atomic E-state index is 13.2. The van der Waals surface area contributed by atoms with Crippen LogP contribution in [-0.2, 0) is 14.3 Å². The highest BCUT2D eigenvalue weighted by Gasteiger charge is 2.53. The Balaban J connectivity index is 1.85. The summed E-state index contributed by atoms with van der Waals surface area (Å²) in [5, 5.41) is 16.5. The molecule has 0 saturated carbocycles. The van der Waals surface area contributed by atoms with Crippen molar-refractivity contribution in [3.63, 3.8) is 0 Å². The van der Waals surface area contributed by atoms with Gasteiger partial charge in [-0.1, -0.05) is 40.5 Å². The zero-order chi connectivity index (χ0) is 25.8. The lowest BCUT2D eigenvalue weighted by molar-refractivity contribution is -0.149. The molecule has 3 heterocycles. The molecule has 196 valence electrons. The fraction of sp³-hybridized carbons (Fsp3) is 0.750. The summed E-state index contributed by atoms with van der Waals surface area (Å²) in [6.45, 7) is 12.2. The van der Waals surface area contributed by atoms with Gasteiger partial charge < -0.3 is 15.2 Å². The first kappa shape index (κ1) is 28.0. The van der Waals surface area contributed by atoms with Crippen molar-refractivity contribution in [2.45, 2.75) is 111 Å². The number of aliphatic hydroxyl groups excluding tert-OH is 1. The first-order chi connectivity index (χ1) is 16.5. The van der Waals surface area contributed by atoms with Crippen molar-refractivity contribution in [2.24, 2.45) is 17.3 Å². The van der Waals surface area contributed by atoms with Gasteiger partial charge in [-0.05, 0) is 57.1 Å². The van der Waals surface area contributed by atoms with E-state index in [1.807, 2.05) is 46.1 Å². The van der Waals surface area contributed by atoms with Crippen molar-refractivity contribution >= 4 is 29.2 Å². The van der Waals surface area contributed by atoms with Crippen LogP contribution in [0.3, 0.4) is 0 Å². The number of ether oxygens (including phenoxy) is 1. The van der Waals surface area contributed by atoms with E-state index in [1.165, 1.54) is 0 Å². The van der Waals surface area contributed by atoms with Crippen molar-refractivity contribution in [1.82, 2.24) is 10.3 Å². The van der Waals surface area contributed by atoms with Crippen LogP contribution in [0.2, 0.25) is 0 Å². The molecule has 2 aliphatic rings. The molecule has 0 radical (unpaired) electrons. The van der Waals surface area contributed by atoms with Gasteiger partial charge in [0.2, 0.25) is 0 Å². The Morgan fingerprint density at radius 3 is 2.71 bits per heavy atom. The van der Waals surface area contributed by atoms with Crippen LogP contribution in [0.4, 0.5) is 0 Å². The number of hydrogen-bond donors (Lipinski definition) is 2. The lowest BCUT2D eigenvalue weighted by Crippen LogP contribution is -2.33. The van der Waals surface area contributed by atoms with Gasteiger partial charge in [0.05, 0.1) is 10.7 Å². The molecule has 1 aromatic rings. The van der Waals surface area contributed by atoms with E-state index in [1.54, 1.807) is 11.3 Å².